The van der Waals surface area contributed by atoms with E-state index in [-0.39, 0.29) is 5.92 Å². The number of hydrogen-bond donors (Lipinski definition) is 2. The van der Waals surface area contributed by atoms with E-state index in [9.17, 15) is 10.4 Å². The van der Waals surface area contributed by atoms with Crippen LogP contribution in [0.15, 0.2) is 12.1 Å². The topological polar surface area (TPSA) is 88.8 Å². The summed E-state index contributed by atoms with van der Waals surface area (Å²) in [5.41, 5.74) is 4.98. The van der Waals surface area contributed by atoms with Crippen molar-refractivity contribution in [1.82, 2.24) is 15.2 Å². The van der Waals surface area contributed by atoms with Crippen molar-refractivity contribution < 1.29 is 5.11 Å². The van der Waals surface area contributed by atoms with Crippen LogP contribution in [0.5, 0.6) is 0 Å². The zero-order chi connectivity index (χ0) is 17.4. The van der Waals surface area contributed by atoms with Gasteiger partial charge in [-0.05, 0) is 56.7 Å². The van der Waals surface area contributed by atoms with E-state index in [4.69, 9.17) is 4.98 Å². The number of nitrogens with one attached hydrogen (secondary N) is 1. The maximum Gasteiger partial charge on any atom is 0.146 e. The predicted molar refractivity (Wildman–Crippen MR) is 94.3 cm³/mol. The smallest absolute Gasteiger partial charge is 0.146 e. The van der Waals surface area contributed by atoms with Crippen molar-refractivity contribution in [3.63, 3.8) is 0 Å². The minimum atomic E-state index is -0.429. The van der Waals surface area contributed by atoms with Gasteiger partial charge in [-0.25, -0.2) is 4.98 Å². The molecule has 2 aromatic heterocycles. The Balaban J connectivity index is 1.57. The highest BCUT2D eigenvalue weighted by molar-refractivity contribution is 5.57. The van der Waals surface area contributed by atoms with Crippen molar-refractivity contribution >= 4 is 5.82 Å². The van der Waals surface area contributed by atoms with Crippen LogP contribution in [-0.2, 0) is 19.3 Å². The molecule has 130 valence electrons. The lowest BCUT2D eigenvalue weighted by molar-refractivity contribution is 0.148. The van der Waals surface area contributed by atoms with Crippen molar-refractivity contribution in [2.75, 3.05) is 18.0 Å². The molecular weight excluding hydrogens is 314 g/mol. The molecule has 1 saturated heterocycles. The van der Waals surface area contributed by atoms with E-state index in [1.165, 1.54) is 12.0 Å². The van der Waals surface area contributed by atoms with Crippen LogP contribution >= 0.6 is 0 Å². The molecule has 0 bridgehead atoms. The number of fused-ring (bicyclic) bond motifs is 1. The molecule has 0 saturated carbocycles. The van der Waals surface area contributed by atoms with Crippen LogP contribution < -0.4 is 4.90 Å². The predicted octanol–water partition coefficient (Wildman–Crippen LogP) is 1.90. The molecule has 6 heteroatoms. The lowest BCUT2D eigenvalue weighted by Gasteiger charge is -2.22. The minimum Gasteiger partial charge on any atom is -0.391 e. The molecular formula is C19H23N5O. The number of rotatable bonds is 3. The SMILES string of the molecule is Cc1cc(C[C@@H]2CN(c3nc4c(cc3C#N)CCCC4)C[C@H]2O)n[nH]1. The van der Waals surface area contributed by atoms with Crippen molar-refractivity contribution in [3.05, 3.63) is 40.3 Å². The molecule has 1 fully saturated rings. The van der Waals surface area contributed by atoms with Crippen LogP contribution in [-0.4, -0.2) is 39.5 Å². The van der Waals surface area contributed by atoms with E-state index in [1.54, 1.807) is 0 Å². The Morgan fingerprint density at radius 1 is 1.32 bits per heavy atom. The summed E-state index contributed by atoms with van der Waals surface area (Å²) in [6.45, 7) is 3.20. The van der Waals surface area contributed by atoms with E-state index in [0.29, 0.717) is 18.7 Å². The number of anilines is 1. The van der Waals surface area contributed by atoms with Crippen LogP contribution in [0.4, 0.5) is 5.82 Å². The van der Waals surface area contributed by atoms with Gasteiger partial charge in [0.25, 0.3) is 0 Å². The van der Waals surface area contributed by atoms with Crippen LogP contribution in [0.25, 0.3) is 0 Å². The average Bonchev–Trinajstić information content (AvgIpc) is 3.19. The molecule has 2 aliphatic rings. The van der Waals surface area contributed by atoms with Crippen LogP contribution in [0, 0.1) is 24.2 Å². The largest absolute Gasteiger partial charge is 0.391 e. The maximum absolute atomic E-state index is 10.5. The number of aliphatic hydroxyl groups excluding tert-OH is 1. The number of aromatic nitrogens is 3. The molecule has 0 amide bonds. The maximum atomic E-state index is 10.5. The molecule has 25 heavy (non-hydrogen) atoms. The first kappa shape index (κ1) is 16.1. The molecule has 4 rings (SSSR count). The molecule has 6 nitrogen and oxygen atoms in total. The van der Waals surface area contributed by atoms with Crippen molar-refractivity contribution in [3.8, 4) is 6.07 Å². The second kappa shape index (κ2) is 6.49. The Bertz CT molecular complexity index is 822. The standard InChI is InChI=1S/C19H23N5O/c1-12-6-16(23-22-12)8-15-10-24(11-18(15)25)19-14(9-20)7-13-4-2-3-5-17(13)21-19/h6-7,15,18,25H,2-5,8,10-11H2,1H3,(H,22,23)/t15-,18-/m1/s1. The zero-order valence-electron chi connectivity index (χ0n) is 14.5. The fraction of sp³-hybridized carbons (Fsp3) is 0.526. The Hall–Kier alpha value is -2.39. The summed E-state index contributed by atoms with van der Waals surface area (Å²) in [7, 11) is 0. The summed E-state index contributed by atoms with van der Waals surface area (Å²) in [5.74, 6) is 0.843. The fourth-order valence-electron chi connectivity index (χ4n) is 4.02. The van der Waals surface area contributed by atoms with Crippen molar-refractivity contribution in [1.29, 1.82) is 5.26 Å². The second-order valence-corrected chi connectivity index (χ2v) is 7.26. The number of aliphatic hydroxyl groups is 1. The molecule has 0 radical (unpaired) electrons. The van der Waals surface area contributed by atoms with Crippen molar-refractivity contribution in [2.45, 2.75) is 45.1 Å². The monoisotopic (exact) mass is 337 g/mol. The molecule has 0 unspecified atom stereocenters. The summed E-state index contributed by atoms with van der Waals surface area (Å²) >= 11 is 0. The third-order valence-electron chi connectivity index (χ3n) is 5.34. The first-order valence-electron chi connectivity index (χ1n) is 9.01. The number of hydrogen-bond acceptors (Lipinski definition) is 5. The Morgan fingerprint density at radius 2 is 2.16 bits per heavy atom. The van der Waals surface area contributed by atoms with E-state index in [0.717, 1.165) is 48.6 Å². The van der Waals surface area contributed by atoms with Gasteiger partial charge < -0.3 is 10.0 Å². The Morgan fingerprint density at radius 3 is 2.92 bits per heavy atom. The quantitative estimate of drug-likeness (QED) is 0.893. The highest BCUT2D eigenvalue weighted by atomic mass is 16.3. The van der Waals surface area contributed by atoms with Gasteiger partial charge in [0.05, 0.1) is 17.4 Å². The lowest BCUT2D eigenvalue weighted by atomic mass is 9.95. The van der Waals surface area contributed by atoms with Gasteiger partial charge >= 0.3 is 0 Å². The minimum absolute atomic E-state index is 0.104. The summed E-state index contributed by atoms with van der Waals surface area (Å²) in [4.78, 5) is 6.89. The van der Waals surface area contributed by atoms with Gasteiger partial charge in [-0.1, -0.05) is 0 Å². The van der Waals surface area contributed by atoms with Gasteiger partial charge in [0.2, 0.25) is 0 Å². The number of aryl methyl sites for hydroxylation is 3. The van der Waals surface area contributed by atoms with Crippen LogP contribution in [0.1, 0.15) is 41.1 Å². The molecule has 2 N–H and O–H groups in total. The average molecular weight is 337 g/mol. The molecule has 3 heterocycles. The lowest BCUT2D eigenvalue weighted by Crippen LogP contribution is -2.24. The molecule has 2 aromatic rings. The summed E-state index contributed by atoms with van der Waals surface area (Å²) in [6, 6.07) is 6.33. The molecule has 1 aliphatic heterocycles. The van der Waals surface area contributed by atoms with Gasteiger partial charge in [0.15, 0.2) is 0 Å². The van der Waals surface area contributed by atoms with E-state index >= 15 is 0 Å². The molecule has 0 aromatic carbocycles. The number of nitriles is 1. The number of aromatic amines is 1. The van der Waals surface area contributed by atoms with Crippen LogP contribution in [0.2, 0.25) is 0 Å². The zero-order valence-corrected chi connectivity index (χ0v) is 14.5. The Labute approximate surface area is 147 Å². The number of β-amino-alcohol motifs (C(OH)–C–C–N with tert-alkyl or cyclic N) is 1. The highest BCUT2D eigenvalue weighted by Crippen LogP contribution is 2.31. The number of H-pyrrole nitrogens is 1. The molecule has 1 aliphatic carbocycles. The van der Waals surface area contributed by atoms with E-state index in [1.807, 2.05) is 19.1 Å². The normalized spacial score (nSPS) is 22.7. The summed E-state index contributed by atoms with van der Waals surface area (Å²) in [6.07, 6.45) is 4.64. The number of nitrogens with zero attached hydrogens (tertiary/aromatic N) is 4. The molecule has 0 spiro atoms. The van der Waals surface area contributed by atoms with Crippen molar-refractivity contribution in [2.24, 2.45) is 5.92 Å². The first-order chi connectivity index (χ1) is 12.1. The van der Waals surface area contributed by atoms with Gasteiger partial charge in [-0.15, -0.1) is 0 Å². The summed E-state index contributed by atoms with van der Waals surface area (Å²) in [5, 5.41) is 27.3. The Kier molecular flexibility index (Phi) is 4.18. The van der Waals surface area contributed by atoms with E-state index < -0.39 is 6.10 Å². The highest BCUT2D eigenvalue weighted by Gasteiger charge is 2.34. The third-order valence-corrected chi connectivity index (χ3v) is 5.34. The van der Waals surface area contributed by atoms with E-state index in [2.05, 4.69) is 21.2 Å². The number of pyridine rings is 1. The molecule has 2 atom stereocenters. The van der Waals surface area contributed by atoms with Crippen LogP contribution in [0.3, 0.4) is 0 Å². The third kappa shape index (κ3) is 3.12. The van der Waals surface area contributed by atoms with Gasteiger partial charge in [0, 0.05) is 30.4 Å². The first-order valence-corrected chi connectivity index (χ1v) is 9.01. The summed E-state index contributed by atoms with van der Waals surface area (Å²) < 4.78 is 0. The fourth-order valence-corrected chi connectivity index (χ4v) is 4.02. The van der Waals surface area contributed by atoms with Gasteiger partial charge in [-0.3, -0.25) is 5.10 Å². The van der Waals surface area contributed by atoms with Gasteiger partial charge in [-0.2, -0.15) is 10.4 Å². The second-order valence-electron chi connectivity index (χ2n) is 7.26. The van der Waals surface area contributed by atoms with Gasteiger partial charge in [0.1, 0.15) is 11.9 Å².